The Balaban J connectivity index is 1.80. The van der Waals surface area contributed by atoms with Crippen molar-refractivity contribution in [2.75, 3.05) is 0 Å². The van der Waals surface area contributed by atoms with Crippen LogP contribution in [0.5, 0.6) is 0 Å². The summed E-state index contributed by atoms with van der Waals surface area (Å²) in [6.45, 7) is 2.02. The van der Waals surface area contributed by atoms with Crippen molar-refractivity contribution in [3.8, 4) is 0 Å². The van der Waals surface area contributed by atoms with Crippen molar-refractivity contribution in [3.63, 3.8) is 0 Å². The van der Waals surface area contributed by atoms with Crippen LogP contribution >= 0.6 is 0 Å². The van der Waals surface area contributed by atoms with E-state index in [1.54, 1.807) is 0 Å². The van der Waals surface area contributed by atoms with Gasteiger partial charge in [-0.1, -0.05) is 24.3 Å². The summed E-state index contributed by atoms with van der Waals surface area (Å²) in [5.41, 5.74) is 11.6. The zero-order valence-corrected chi connectivity index (χ0v) is 12.3. The summed E-state index contributed by atoms with van der Waals surface area (Å²) in [5, 5.41) is 4.41. The molecular formula is C17H23N3. The predicted octanol–water partition coefficient (Wildman–Crippen LogP) is 3.24. The van der Waals surface area contributed by atoms with Crippen molar-refractivity contribution in [1.82, 2.24) is 9.78 Å². The standard InChI is InChI=1S/C17H23N3/c1-12-10-17(20(2)19-12)16(18)11-14-8-5-7-13-6-3-4-9-15(13)14/h3-4,6,9-10,14,16H,5,7-8,11,18H2,1-2H3. The quantitative estimate of drug-likeness (QED) is 0.929. The first-order valence-electron chi connectivity index (χ1n) is 7.49. The van der Waals surface area contributed by atoms with Gasteiger partial charge in [0.25, 0.3) is 0 Å². The number of rotatable bonds is 3. The van der Waals surface area contributed by atoms with Gasteiger partial charge >= 0.3 is 0 Å². The minimum atomic E-state index is 0.0670. The second kappa shape index (κ2) is 5.41. The first-order valence-corrected chi connectivity index (χ1v) is 7.49. The molecule has 1 aliphatic carbocycles. The first kappa shape index (κ1) is 13.4. The van der Waals surface area contributed by atoms with Crippen molar-refractivity contribution in [2.45, 2.75) is 44.6 Å². The molecule has 2 atom stereocenters. The molecule has 0 saturated heterocycles. The van der Waals surface area contributed by atoms with Crippen LogP contribution in [0.3, 0.4) is 0 Å². The van der Waals surface area contributed by atoms with Gasteiger partial charge in [0.15, 0.2) is 0 Å². The summed E-state index contributed by atoms with van der Waals surface area (Å²) in [4.78, 5) is 0. The molecule has 2 N–H and O–H groups in total. The van der Waals surface area contributed by atoms with Gasteiger partial charge in [-0.2, -0.15) is 5.10 Å². The summed E-state index contributed by atoms with van der Waals surface area (Å²) in [6.07, 6.45) is 4.75. The fraction of sp³-hybridized carbons (Fsp3) is 0.471. The fourth-order valence-corrected chi connectivity index (χ4v) is 3.50. The summed E-state index contributed by atoms with van der Waals surface area (Å²) in [7, 11) is 1.98. The number of benzene rings is 1. The van der Waals surface area contributed by atoms with Crippen LogP contribution in [0.2, 0.25) is 0 Å². The topological polar surface area (TPSA) is 43.8 Å². The number of hydrogen-bond donors (Lipinski definition) is 1. The summed E-state index contributed by atoms with van der Waals surface area (Å²) in [6, 6.07) is 11.0. The maximum absolute atomic E-state index is 6.44. The van der Waals surface area contributed by atoms with Gasteiger partial charge in [-0.25, -0.2) is 0 Å². The predicted molar refractivity (Wildman–Crippen MR) is 81.6 cm³/mol. The molecule has 106 valence electrons. The molecular weight excluding hydrogens is 246 g/mol. The minimum Gasteiger partial charge on any atom is -0.323 e. The highest BCUT2D eigenvalue weighted by atomic mass is 15.3. The van der Waals surface area contributed by atoms with E-state index < -0.39 is 0 Å². The molecule has 0 amide bonds. The van der Waals surface area contributed by atoms with Crippen LogP contribution in [0.4, 0.5) is 0 Å². The van der Waals surface area contributed by atoms with Crippen molar-refractivity contribution in [2.24, 2.45) is 12.8 Å². The third-order valence-corrected chi connectivity index (χ3v) is 4.45. The smallest absolute Gasteiger partial charge is 0.0597 e. The Bertz CT molecular complexity index is 600. The van der Waals surface area contributed by atoms with Crippen LogP contribution in [-0.4, -0.2) is 9.78 Å². The monoisotopic (exact) mass is 269 g/mol. The molecule has 1 aromatic carbocycles. The van der Waals surface area contributed by atoms with Crippen LogP contribution in [0.25, 0.3) is 0 Å². The zero-order valence-electron chi connectivity index (χ0n) is 12.3. The highest BCUT2D eigenvalue weighted by Crippen LogP contribution is 2.36. The molecule has 3 heteroatoms. The zero-order chi connectivity index (χ0) is 14.1. The van der Waals surface area contributed by atoms with Crippen molar-refractivity contribution in [1.29, 1.82) is 0 Å². The summed E-state index contributed by atoms with van der Waals surface area (Å²) >= 11 is 0. The Morgan fingerprint density at radius 1 is 1.40 bits per heavy atom. The second-order valence-corrected chi connectivity index (χ2v) is 5.96. The average molecular weight is 269 g/mol. The molecule has 2 aromatic rings. The number of nitrogens with two attached hydrogens (primary N) is 1. The minimum absolute atomic E-state index is 0.0670. The van der Waals surface area contributed by atoms with E-state index in [2.05, 4.69) is 35.4 Å². The molecule has 0 radical (unpaired) electrons. The molecule has 0 fully saturated rings. The average Bonchev–Trinajstić information content (AvgIpc) is 2.78. The van der Waals surface area contributed by atoms with Gasteiger partial charge in [-0.15, -0.1) is 0 Å². The van der Waals surface area contributed by atoms with E-state index in [-0.39, 0.29) is 6.04 Å². The number of hydrogen-bond acceptors (Lipinski definition) is 2. The van der Waals surface area contributed by atoms with Crippen molar-refractivity contribution >= 4 is 0 Å². The Morgan fingerprint density at radius 3 is 2.95 bits per heavy atom. The molecule has 0 saturated carbocycles. The van der Waals surface area contributed by atoms with Gasteiger partial charge in [0.05, 0.1) is 11.4 Å². The van der Waals surface area contributed by atoms with Crippen molar-refractivity contribution < 1.29 is 0 Å². The number of nitrogens with zero attached hydrogens (tertiary/aromatic N) is 2. The van der Waals surface area contributed by atoms with E-state index in [1.807, 2.05) is 18.7 Å². The van der Waals surface area contributed by atoms with Gasteiger partial charge < -0.3 is 5.73 Å². The molecule has 0 bridgehead atoms. The van der Waals surface area contributed by atoms with Crippen LogP contribution < -0.4 is 5.73 Å². The van der Waals surface area contributed by atoms with E-state index in [0.29, 0.717) is 5.92 Å². The fourth-order valence-electron chi connectivity index (χ4n) is 3.50. The first-order chi connectivity index (χ1) is 9.65. The van der Waals surface area contributed by atoms with Gasteiger partial charge in [0.2, 0.25) is 0 Å². The van der Waals surface area contributed by atoms with Gasteiger partial charge in [0, 0.05) is 13.1 Å². The van der Waals surface area contributed by atoms with Gasteiger partial charge in [0.1, 0.15) is 0 Å². The molecule has 2 unspecified atom stereocenters. The van der Waals surface area contributed by atoms with Crippen molar-refractivity contribution in [3.05, 3.63) is 52.8 Å². The number of aromatic nitrogens is 2. The normalized spacial score (nSPS) is 19.6. The van der Waals surface area contributed by atoms with E-state index >= 15 is 0 Å². The molecule has 0 spiro atoms. The third kappa shape index (κ3) is 2.50. The molecule has 0 aliphatic heterocycles. The Kier molecular flexibility index (Phi) is 3.62. The number of fused-ring (bicyclic) bond motifs is 1. The molecule has 3 rings (SSSR count). The lowest BCUT2D eigenvalue weighted by atomic mass is 9.79. The maximum atomic E-state index is 6.44. The lowest BCUT2D eigenvalue weighted by Crippen LogP contribution is -2.20. The Morgan fingerprint density at radius 2 is 2.20 bits per heavy atom. The molecule has 1 heterocycles. The van der Waals surface area contributed by atoms with Gasteiger partial charge in [-0.05, 0) is 55.7 Å². The third-order valence-electron chi connectivity index (χ3n) is 4.45. The second-order valence-electron chi connectivity index (χ2n) is 5.96. The van der Waals surface area contributed by atoms with Gasteiger partial charge in [-0.3, -0.25) is 4.68 Å². The van der Waals surface area contributed by atoms with E-state index in [9.17, 15) is 0 Å². The highest BCUT2D eigenvalue weighted by molar-refractivity contribution is 5.33. The highest BCUT2D eigenvalue weighted by Gasteiger charge is 2.23. The van der Waals surface area contributed by atoms with Crippen LogP contribution in [-0.2, 0) is 13.5 Å². The van der Waals surface area contributed by atoms with E-state index in [4.69, 9.17) is 5.73 Å². The van der Waals surface area contributed by atoms with E-state index in [1.165, 1.54) is 30.4 Å². The molecule has 1 aromatic heterocycles. The lowest BCUT2D eigenvalue weighted by Gasteiger charge is -2.27. The SMILES string of the molecule is Cc1cc(C(N)CC2CCCc3ccccc32)n(C)n1. The van der Waals surface area contributed by atoms with E-state index in [0.717, 1.165) is 17.8 Å². The van der Waals surface area contributed by atoms with Crippen LogP contribution in [0.1, 0.15) is 53.7 Å². The van der Waals surface area contributed by atoms with Crippen LogP contribution in [0.15, 0.2) is 30.3 Å². The van der Waals surface area contributed by atoms with Crippen LogP contribution in [0, 0.1) is 6.92 Å². The Labute approximate surface area is 120 Å². The Hall–Kier alpha value is -1.61. The molecule has 3 nitrogen and oxygen atoms in total. The lowest BCUT2D eigenvalue weighted by molar-refractivity contribution is 0.461. The largest absolute Gasteiger partial charge is 0.323 e. The maximum Gasteiger partial charge on any atom is 0.0597 e. The summed E-state index contributed by atoms with van der Waals surface area (Å²) in [5.74, 6) is 0.588. The summed E-state index contributed by atoms with van der Waals surface area (Å²) < 4.78 is 1.93. The molecule has 1 aliphatic rings. The number of aryl methyl sites for hydroxylation is 3. The molecule has 20 heavy (non-hydrogen) atoms.